The van der Waals surface area contributed by atoms with E-state index in [-0.39, 0.29) is 38.0 Å². The summed E-state index contributed by atoms with van der Waals surface area (Å²) in [6.07, 6.45) is 9.98. The molecule has 1 aliphatic carbocycles. The van der Waals surface area contributed by atoms with Gasteiger partial charge in [0.15, 0.2) is 0 Å². The van der Waals surface area contributed by atoms with Gasteiger partial charge in [-0.2, -0.15) is 14.7 Å². The van der Waals surface area contributed by atoms with Crippen LogP contribution < -0.4 is 10.6 Å². The molecule has 11 nitrogen and oxygen atoms in total. The normalized spacial score (nSPS) is 23.3. The van der Waals surface area contributed by atoms with Crippen LogP contribution in [0.25, 0.3) is 0 Å². The number of urea groups is 2. The van der Waals surface area contributed by atoms with Crippen LogP contribution in [0.1, 0.15) is 57.4 Å². The highest BCUT2D eigenvalue weighted by Gasteiger charge is 2.55. The van der Waals surface area contributed by atoms with Crippen molar-refractivity contribution in [2.24, 2.45) is 11.8 Å². The Hall–Kier alpha value is -2.92. The monoisotopic (exact) mass is 475 g/mol. The number of nitrogens with zero attached hydrogens (tertiary/aromatic N) is 4. The Morgan fingerprint density at radius 1 is 1.24 bits per heavy atom. The molecule has 1 aromatic rings. The molecule has 2 fully saturated rings. The molecule has 34 heavy (non-hydrogen) atoms. The molecular formula is C23H35N6O5+. The molecule has 3 atom stereocenters. The van der Waals surface area contributed by atoms with Gasteiger partial charge in [0.2, 0.25) is 6.41 Å². The van der Waals surface area contributed by atoms with Crippen molar-refractivity contribution >= 4 is 24.4 Å². The van der Waals surface area contributed by atoms with E-state index in [0.717, 1.165) is 31.2 Å². The zero-order chi connectivity index (χ0) is 24.6. The first-order valence-electron chi connectivity index (χ1n) is 12.0. The molecule has 11 heteroatoms. The summed E-state index contributed by atoms with van der Waals surface area (Å²) in [7, 11) is 0. The first-order valence-corrected chi connectivity index (χ1v) is 12.0. The maximum absolute atomic E-state index is 13.9. The molecule has 1 unspecified atom stereocenters. The third kappa shape index (κ3) is 6.15. The van der Waals surface area contributed by atoms with Crippen molar-refractivity contribution in [1.29, 1.82) is 0 Å². The van der Waals surface area contributed by atoms with Crippen LogP contribution in [-0.2, 0) is 16.0 Å². The molecule has 0 aromatic carbocycles. The number of imide groups is 2. The van der Waals surface area contributed by atoms with Crippen molar-refractivity contribution in [2.45, 2.75) is 64.3 Å². The van der Waals surface area contributed by atoms with Gasteiger partial charge in [0.1, 0.15) is 6.04 Å². The van der Waals surface area contributed by atoms with Crippen LogP contribution >= 0.6 is 0 Å². The highest BCUT2D eigenvalue weighted by molar-refractivity contribution is 5.95. The summed E-state index contributed by atoms with van der Waals surface area (Å²) >= 11 is 0. The molecule has 0 radical (unpaired) electrons. The second kappa shape index (κ2) is 12.0. The van der Waals surface area contributed by atoms with Gasteiger partial charge in [-0.1, -0.05) is 25.7 Å². The van der Waals surface area contributed by atoms with Gasteiger partial charge in [-0.15, -0.1) is 0 Å². The number of nitrogens with one attached hydrogen (secondary N) is 2. The molecule has 1 saturated heterocycles. The Morgan fingerprint density at radius 2 is 2.00 bits per heavy atom. The molecule has 1 aliphatic heterocycles. The lowest BCUT2D eigenvalue weighted by molar-refractivity contribution is -0.786. The second-order valence-corrected chi connectivity index (χ2v) is 9.42. The Bertz CT molecular complexity index is 863. The second-order valence-electron chi connectivity index (χ2n) is 9.42. The lowest BCUT2D eigenvalue weighted by Gasteiger charge is -2.36. The molecule has 3 rings (SSSR count). The van der Waals surface area contributed by atoms with Gasteiger partial charge in [0.25, 0.3) is 0 Å². The molecule has 0 bridgehead atoms. The molecule has 1 saturated carbocycles. The van der Waals surface area contributed by atoms with Crippen molar-refractivity contribution < 1.29 is 28.9 Å². The Balaban J connectivity index is 1.69. The van der Waals surface area contributed by atoms with E-state index in [1.54, 1.807) is 18.5 Å². The van der Waals surface area contributed by atoms with Crippen LogP contribution in [0.5, 0.6) is 0 Å². The topological polar surface area (TPSA) is 142 Å². The van der Waals surface area contributed by atoms with Crippen LogP contribution in [0.4, 0.5) is 9.59 Å². The number of hydrogen-bond acceptors (Lipinski definition) is 7. The van der Waals surface area contributed by atoms with E-state index >= 15 is 0 Å². The highest BCUT2D eigenvalue weighted by atomic mass is 16.5. The van der Waals surface area contributed by atoms with Crippen LogP contribution in [0, 0.1) is 11.8 Å². The van der Waals surface area contributed by atoms with Crippen molar-refractivity contribution in [3.05, 3.63) is 24.0 Å². The van der Waals surface area contributed by atoms with Crippen molar-refractivity contribution in [1.82, 2.24) is 25.9 Å². The molecule has 1 aromatic heterocycles. The summed E-state index contributed by atoms with van der Waals surface area (Å²) in [4.78, 5) is 50.8. The number of carbonyl (C=O) groups excluding carboxylic acids is 4. The summed E-state index contributed by atoms with van der Waals surface area (Å²) in [5.74, 6) is -0.709. The van der Waals surface area contributed by atoms with E-state index in [9.17, 15) is 24.4 Å². The Labute approximate surface area is 199 Å². The fourth-order valence-electron chi connectivity index (χ4n) is 5.33. The lowest BCUT2D eigenvalue weighted by atomic mass is 9.91. The van der Waals surface area contributed by atoms with Crippen LogP contribution in [-0.4, -0.2) is 75.0 Å². The third-order valence-corrected chi connectivity index (χ3v) is 7.18. The van der Waals surface area contributed by atoms with E-state index in [2.05, 4.69) is 20.8 Å². The largest absolute Gasteiger partial charge is 0.432 e. The van der Waals surface area contributed by atoms with Gasteiger partial charge < -0.3 is 5.32 Å². The fourth-order valence-corrected chi connectivity index (χ4v) is 5.33. The Morgan fingerprint density at radius 3 is 2.62 bits per heavy atom. The average molecular weight is 476 g/mol. The quantitative estimate of drug-likeness (QED) is 0.215. The number of amides is 6. The van der Waals surface area contributed by atoms with E-state index in [0.29, 0.717) is 36.7 Å². The maximum Gasteiger partial charge on any atom is 0.432 e. The van der Waals surface area contributed by atoms with Crippen molar-refractivity contribution in [3.8, 4) is 0 Å². The predicted octanol–water partition coefficient (Wildman–Crippen LogP) is 2.01. The van der Waals surface area contributed by atoms with E-state index in [1.165, 1.54) is 0 Å². The van der Waals surface area contributed by atoms with Gasteiger partial charge in [-0.05, 0) is 37.3 Å². The minimum atomic E-state index is -0.688. The lowest BCUT2D eigenvalue weighted by Crippen LogP contribution is -2.66. The number of hydroxylamine groups is 2. The molecule has 0 spiro atoms. The summed E-state index contributed by atoms with van der Waals surface area (Å²) in [6, 6.07) is 0.153. The first-order chi connectivity index (χ1) is 16.4. The summed E-state index contributed by atoms with van der Waals surface area (Å²) in [5.41, 5.74) is 0.895. The summed E-state index contributed by atoms with van der Waals surface area (Å²) < 4.78 is -0.494. The van der Waals surface area contributed by atoms with Crippen LogP contribution in [0.3, 0.4) is 0 Å². The van der Waals surface area contributed by atoms with Gasteiger partial charge in [-0.3, -0.25) is 10.0 Å². The molecule has 2 heterocycles. The Kier molecular flexibility index (Phi) is 9.05. The smallest absolute Gasteiger partial charge is 0.337 e. The third-order valence-electron chi connectivity index (χ3n) is 7.18. The SMILES string of the molecule is C[C@@H]1CCC[N+]1(C(=O)NC(=O)NCCc1ccnnc1)C(=O)[C@H](CC1CCCC1)CN(O)C=O. The number of likely N-dealkylation sites (tertiary alicyclic amines) is 1. The maximum atomic E-state index is 13.9. The molecule has 3 N–H and O–H groups in total. The fraction of sp³-hybridized carbons (Fsp3) is 0.652. The zero-order valence-electron chi connectivity index (χ0n) is 19.7. The van der Waals surface area contributed by atoms with E-state index in [1.807, 2.05) is 6.92 Å². The number of aromatic nitrogens is 2. The molecule has 2 aliphatic rings. The average Bonchev–Trinajstić information content (AvgIpc) is 3.48. The number of rotatable bonds is 9. The van der Waals surface area contributed by atoms with Crippen LogP contribution in [0.15, 0.2) is 18.5 Å². The summed E-state index contributed by atoms with van der Waals surface area (Å²) in [5, 5.41) is 22.8. The number of carbonyl (C=O) groups is 4. The van der Waals surface area contributed by atoms with Gasteiger partial charge in [-0.25, -0.2) is 24.8 Å². The predicted molar refractivity (Wildman–Crippen MR) is 121 cm³/mol. The standard InChI is InChI=1S/C23H34N6O5/c1-17-5-4-12-29(17,21(31)20(15-28(34)16-30)13-18-6-2-3-7-18)23(33)27-22(32)24-10-8-19-9-11-25-26-14-19/h9,11,14,16-18,20,34H,2-8,10,12-13,15H2,1H3,(H-,24,27,32,33)/p+1/t17-,20-,29?/m1/s1. The first kappa shape index (κ1) is 25.7. The van der Waals surface area contributed by atoms with Crippen LogP contribution in [0.2, 0.25) is 0 Å². The number of quaternary nitrogens is 1. The summed E-state index contributed by atoms with van der Waals surface area (Å²) in [6.45, 7) is 2.25. The minimum absolute atomic E-state index is 0.162. The molecule has 6 amide bonds. The van der Waals surface area contributed by atoms with Crippen molar-refractivity contribution in [3.63, 3.8) is 0 Å². The van der Waals surface area contributed by atoms with E-state index < -0.39 is 22.5 Å². The van der Waals surface area contributed by atoms with Gasteiger partial charge >= 0.3 is 18.0 Å². The zero-order valence-corrected chi connectivity index (χ0v) is 19.7. The van der Waals surface area contributed by atoms with E-state index in [4.69, 9.17) is 0 Å². The minimum Gasteiger partial charge on any atom is -0.337 e. The number of hydrogen-bond donors (Lipinski definition) is 3. The highest BCUT2D eigenvalue weighted by Crippen LogP contribution is 2.35. The van der Waals surface area contributed by atoms with Gasteiger partial charge in [0, 0.05) is 25.6 Å². The van der Waals surface area contributed by atoms with Crippen molar-refractivity contribution in [2.75, 3.05) is 19.6 Å². The molecule has 186 valence electrons. The van der Waals surface area contributed by atoms with Gasteiger partial charge in [0.05, 0.1) is 25.2 Å². The molecular weight excluding hydrogens is 440 g/mol.